The number of piperidine rings is 1. The number of amides is 1. The van der Waals surface area contributed by atoms with Crippen molar-refractivity contribution in [3.63, 3.8) is 0 Å². The van der Waals surface area contributed by atoms with Gasteiger partial charge in [-0.3, -0.25) is 4.79 Å². The lowest BCUT2D eigenvalue weighted by atomic mass is 10.1. The first-order valence-corrected chi connectivity index (χ1v) is 10.6. The molecular weight excluding hydrogens is 458 g/mol. The highest BCUT2D eigenvalue weighted by molar-refractivity contribution is 6.42. The van der Waals surface area contributed by atoms with E-state index in [2.05, 4.69) is 21.9 Å². The Kier molecular flexibility index (Phi) is 6.34. The predicted octanol–water partition coefficient (Wildman–Crippen LogP) is 5.08. The number of ether oxygens (including phenoxy) is 1. The summed E-state index contributed by atoms with van der Waals surface area (Å²) in [5, 5.41) is 13.8. The summed E-state index contributed by atoms with van der Waals surface area (Å²) in [5.41, 5.74) is 0.536. The van der Waals surface area contributed by atoms with Crippen LogP contribution in [0.5, 0.6) is 11.5 Å². The topological polar surface area (TPSA) is 87.6 Å². The number of fused-ring (bicyclic) bond motifs is 1. The highest BCUT2D eigenvalue weighted by Gasteiger charge is 2.24. The largest absolute Gasteiger partial charge is 0.504 e. The van der Waals surface area contributed by atoms with E-state index in [4.69, 9.17) is 27.9 Å². The third kappa shape index (κ3) is 4.42. The van der Waals surface area contributed by atoms with Gasteiger partial charge < -0.3 is 20.1 Å². The van der Waals surface area contributed by atoms with E-state index in [-0.39, 0.29) is 39.2 Å². The van der Waals surface area contributed by atoms with Gasteiger partial charge in [0, 0.05) is 37.4 Å². The highest BCUT2D eigenvalue weighted by atomic mass is 35.5. The van der Waals surface area contributed by atoms with Gasteiger partial charge in [-0.1, -0.05) is 29.8 Å². The zero-order chi connectivity index (χ0) is 22.8. The zero-order valence-electron chi connectivity index (χ0n) is 16.8. The summed E-state index contributed by atoms with van der Waals surface area (Å²) in [6.45, 7) is 4.58. The van der Waals surface area contributed by atoms with Crippen molar-refractivity contribution < 1.29 is 19.0 Å². The van der Waals surface area contributed by atoms with Gasteiger partial charge in [0.1, 0.15) is 18.2 Å². The first-order chi connectivity index (χ1) is 15.4. The average molecular weight is 477 g/mol. The molecule has 7 nitrogen and oxygen atoms in total. The van der Waals surface area contributed by atoms with Crippen LogP contribution >= 0.6 is 23.2 Å². The lowest BCUT2D eigenvalue weighted by Gasteiger charge is -2.31. The fraction of sp³-hybridized carbons (Fsp3) is 0.227. The molecule has 10 heteroatoms. The van der Waals surface area contributed by atoms with Crippen LogP contribution in [0.1, 0.15) is 12.8 Å². The fourth-order valence-corrected chi connectivity index (χ4v) is 3.83. The number of aromatic nitrogens is 2. The zero-order valence-corrected chi connectivity index (χ0v) is 18.3. The molecule has 1 aromatic heterocycles. The van der Waals surface area contributed by atoms with E-state index < -0.39 is 5.82 Å². The number of phenolic OH excluding ortho intramolecular Hbond substituents is 1. The van der Waals surface area contributed by atoms with Crippen LogP contribution in [-0.4, -0.2) is 45.1 Å². The number of phenols is 1. The molecule has 1 aliphatic heterocycles. The van der Waals surface area contributed by atoms with Gasteiger partial charge in [0.05, 0.1) is 21.2 Å². The highest BCUT2D eigenvalue weighted by Crippen LogP contribution is 2.37. The summed E-state index contributed by atoms with van der Waals surface area (Å²) in [6, 6.07) is 5.99. The average Bonchev–Trinajstić information content (AvgIpc) is 2.80. The summed E-state index contributed by atoms with van der Waals surface area (Å²) in [4.78, 5) is 21.8. The molecular formula is C22H19Cl2FN4O3. The van der Waals surface area contributed by atoms with Gasteiger partial charge in [-0.05, 0) is 24.3 Å². The van der Waals surface area contributed by atoms with Crippen molar-refractivity contribution in [3.8, 4) is 11.5 Å². The lowest BCUT2D eigenvalue weighted by Crippen LogP contribution is -2.41. The van der Waals surface area contributed by atoms with Crippen molar-refractivity contribution >= 4 is 51.5 Å². The molecule has 2 aromatic carbocycles. The minimum absolute atomic E-state index is 0.0764. The van der Waals surface area contributed by atoms with Crippen molar-refractivity contribution in [2.75, 3.05) is 18.4 Å². The molecule has 2 N–H and O–H groups in total. The molecule has 3 aromatic rings. The number of hydrogen-bond donors (Lipinski definition) is 2. The van der Waals surface area contributed by atoms with Crippen LogP contribution < -0.4 is 10.1 Å². The van der Waals surface area contributed by atoms with Crippen LogP contribution in [0, 0.1) is 5.82 Å². The van der Waals surface area contributed by atoms with Crippen LogP contribution in [0.4, 0.5) is 15.9 Å². The van der Waals surface area contributed by atoms with E-state index in [1.54, 1.807) is 11.0 Å². The Labute approximate surface area is 193 Å². The molecule has 1 aliphatic rings. The normalized spacial score (nSPS) is 14.4. The van der Waals surface area contributed by atoms with Crippen molar-refractivity contribution in [2.24, 2.45) is 0 Å². The molecule has 0 spiro atoms. The molecule has 0 atom stereocenters. The molecule has 1 fully saturated rings. The Morgan fingerprint density at radius 3 is 2.75 bits per heavy atom. The number of anilines is 2. The summed E-state index contributed by atoms with van der Waals surface area (Å²) in [7, 11) is 0. The van der Waals surface area contributed by atoms with Gasteiger partial charge in [0.2, 0.25) is 5.91 Å². The summed E-state index contributed by atoms with van der Waals surface area (Å²) >= 11 is 11.8. The minimum Gasteiger partial charge on any atom is -0.504 e. The molecule has 0 saturated carbocycles. The third-order valence-corrected chi connectivity index (χ3v) is 6.01. The summed E-state index contributed by atoms with van der Waals surface area (Å²) < 4.78 is 20.5. The molecule has 166 valence electrons. The van der Waals surface area contributed by atoms with Crippen LogP contribution in [0.15, 0.2) is 43.2 Å². The SMILES string of the molecule is C=CC(=O)N1CCC(Oc2cc3c(Nc4ccc(Cl)c(Cl)c4F)ncnc3cc2O)CC1. The van der Waals surface area contributed by atoms with Crippen LogP contribution in [-0.2, 0) is 4.79 Å². The number of nitrogens with one attached hydrogen (secondary N) is 1. The third-order valence-electron chi connectivity index (χ3n) is 5.23. The Balaban J connectivity index is 1.59. The second-order valence-electron chi connectivity index (χ2n) is 7.25. The van der Waals surface area contributed by atoms with E-state index in [0.717, 1.165) is 0 Å². The van der Waals surface area contributed by atoms with Gasteiger partial charge in [-0.25, -0.2) is 14.4 Å². The van der Waals surface area contributed by atoms with E-state index in [1.807, 2.05) is 0 Å². The smallest absolute Gasteiger partial charge is 0.245 e. The van der Waals surface area contributed by atoms with Gasteiger partial charge in [-0.15, -0.1) is 0 Å². The number of nitrogens with zero attached hydrogens (tertiary/aromatic N) is 3. The van der Waals surface area contributed by atoms with E-state index in [0.29, 0.717) is 42.7 Å². The molecule has 4 rings (SSSR count). The molecule has 0 bridgehead atoms. The maximum absolute atomic E-state index is 14.5. The minimum atomic E-state index is -0.706. The summed E-state index contributed by atoms with van der Waals surface area (Å²) in [5.74, 6) is -0.337. The number of rotatable bonds is 5. The van der Waals surface area contributed by atoms with Gasteiger partial charge in [0.25, 0.3) is 0 Å². The van der Waals surface area contributed by atoms with Gasteiger partial charge in [0.15, 0.2) is 17.3 Å². The molecule has 0 radical (unpaired) electrons. The summed E-state index contributed by atoms with van der Waals surface area (Å²) in [6.07, 6.45) is 3.64. The van der Waals surface area contributed by atoms with Crippen molar-refractivity contribution in [1.82, 2.24) is 14.9 Å². The van der Waals surface area contributed by atoms with E-state index in [9.17, 15) is 14.3 Å². The van der Waals surface area contributed by atoms with Crippen LogP contribution in [0.25, 0.3) is 10.9 Å². The molecule has 32 heavy (non-hydrogen) atoms. The number of carbonyl (C=O) groups is 1. The second kappa shape index (κ2) is 9.18. The maximum Gasteiger partial charge on any atom is 0.245 e. The van der Waals surface area contributed by atoms with Crippen LogP contribution in [0.2, 0.25) is 10.0 Å². The Morgan fingerprint density at radius 1 is 1.28 bits per heavy atom. The first kappa shape index (κ1) is 22.1. The Hall–Kier alpha value is -3.10. The first-order valence-electron chi connectivity index (χ1n) is 9.83. The Morgan fingerprint density at radius 2 is 2.03 bits per heavy atom. The molecule has 0 unspecified atom stereocenters. The molecule has 1 saturated heterocycles. The van der Waals surface area contributed by atoms with E-state index >= 15 is 0 Å². The fourth-order valence-electron chi connectivity index (χ4n) is 3.52. The standard InChI is InChI=1S/C22H19Cl2FN4O3/c1-2-19(31)29-7-5-12(6-8-29)32-18-9-13-16(10-17(18)30)26-11-27-22(13)28-15-4-3-14(23)20(24)21(15)25/h2-4,9-12,30H,1,5-8H2,(H,26,27,28). The monoisotopic (exact) mass is 476 g/mol. The number of halogens is 3. The Bertz CT molecular complexity index is 1200. The van der Waals surface area contributed by atoms with Crippen molar-refractivity contribution in [1.29, 1.82) is 0 Å². The number of benzene rings is 2. The van der Waals surface area contributed by atoms with Gasteiger partial charge in [-0.2, -0.15) is 0 Å². The molecule has 1 amide bonds. The van der Waals surface area contributed by atoms with Crippen LogP contribution in [0.3, 0.4) is 0 Å². The number of carbonyl (C=O) groups excluding carboxylic acids is 1. The second-order valence-corrected chi connectivity index (χ2v) is 8.04. The number of likely N-dealkylation sites (tertiary alicyclic amines) is 1. The lowest BCUT2D eigenvalue weighted by molar-refractivity contribution is -0.127. The van der Waals surface area contributed by atoms with Crippen molar-refractivity contribution in [2.45, 2.75) is 18.9 Å². The molecule has 0 aliphatic carbocycles. The maximum atomic E-state index is 14.5. The van der Waals surface area contributed by atoms with Crippen molar-refractivity contribution in [3.05, 3.63) is 59.1 Å². The quantitative estimate of drug-likeness (QED) is 0.394. The number of hydrogen-bond acceptors (Lipinski definition) is 6. The predicted molar refractivity (Wildman–Crippen MR) is 121 cm³/mol. The van der Waals surface area contributed by atoms with E-state index in [1.165, 1.54) is 30.6 Å². The van der Waals surface area contributed by atoms with Gasteiger partial charge >= 0.3 is 0 Å². The molecule has 2 heterocycles. The number of aromatic hydroxyl groups is 1.